The molecular formula is C14H20N2O2. The summed E-state index contributed by atoms with van der Waals surface area (Å²) in [7, 11) is 0. The minimum absolute atomic E-state index is 0.0330. The third kappa shape index (κ3) is 2.64. The molecule has 4 heteroatoms. The third-order valence-corrected chi connectivity index (χ3v) is 3.38. The molecule has 1 saturated heterocycles. The van der Waals surface area contributed by atoms with Crippen LogP contribution in [0.5, 0.6) is 0 Å². The lowest BCUT2D eigenvalue weighted by atomic mass is 9.99. The monoisotopic (exact) mass is 248 g/mol. The molecule has 1 aliphatic heterocycles. The van der Waals surface area contributed by atoms with Gasteiger partial charge in [0, 0.05) is 19.7 Å². The largest absolute Gasteiger partial charge is 0.396 e. The third-order valence-electron chi connectivity index (χ3n) is 3.38. The molecule has 2 N–H and O–H groups in total. The number of nitrogens with one attached hydrogen (secondary N) is 1. The Kier molecular flexibility index (Phi) is 3.87. The Morgan fingerprint density at radius 1 is 1.44 bits per heavy atom. The van der Waals surface area contributed by atoms with Crippen LogP contribution in [0.3, 0.4) is 0 Å². The predicted octanol–water partition coefficient (Wildman–Crippen LogP) is 1.75. The van der Waals surface area contributed by atoms with Crippen LogP contribution in [0.2, 0.25) is 0 Å². The van der Waals surface area contributed by atoms with Gasteiger partial charge in [-0.1, -0.05) is 23.8 Å². The van der Waals surface area contributed by atoms with Crippen molar-refractivity contribution in [3.05, 3.63) is 34.9 Å². The van der Waals surface area contributed by atoms with Gasteiger partial charge in [0.1, 0.15) is 0 Å². The summed E-state index contributed by atoms with van der Waals surface area (Å²) in [5, 5.41) is 11.8. The topological polar surface area (TPSA) is 52.6 Å². The summed E-state index contributed by atoms with van der Waals surface area (Å²) >= 11 is 0. The lowest BCUT2D eigenvalue weighted by Gasteiger charge is -2.15. The number of nitrogens with zero attached hydrogens (tertiary/aromatic N) is 1. The number of hydrogen-bond donors (Lipinski definition) is 2. The maximum Gasteiger partial charge on any atom is 0.318 e. The van der Waals surface area contributed by atoms with Gasteiger partial charge in [0.2, 0.25) is 0 Å². The highest BCUT2D eigenvalue weighted by molar-refractivity contribution is 5.77. The van der Waals surface area contributed by atoms with E-state index in [1.54, 1.807) is 4.90 Å². The number of benzene rings is 1. The first-order valence-corrected chi connectivity index (χ1v) is 6.35. The molecule has 1 aromatic rings. The quantitative estimate of drug-likeness (QED) is 0.853. The van der Waals surface area contributed by atoms with E-state index in [1.807, 2.05) is 0 Å². The Bertz CT molecular complexity index is 445. The zero-order valence-corrected chi connectivity index (χ0v) is 10.9. The van der Waals surface area contributed by atoms with Crippen LogP contribution in [0.15, 0.2) is 18.2 Å². The van der Waals surface area contributed by atoms with E-state index in [1.165, 1.54) is 16.7 Å². The molecule has 0 aliphatic carbocycles. The number of aliphatic hydroxyl groups is 1. The van der Waals surface area contributed by atoms with Crippen molar-refractivity contribution in [1.82, 2.24) is 10.2 Å². The van der Waals surface area contributed by atoms with Crippen LogP contribution in [-0.2, 0) is 0 Å². The van der Waals surface area contributed by atoms with E-state index in [0.717, 1.165) is 0 Å². The first-order chi connectivity index (χ1) is 8.61. The molecule has 98 valence electrons. The summed E-state index contributed by atoms with van der Waals surface area (Å²) in [4.78, 5) is 13.6. The second-order valence-corrected chi connectivity index (χ2v) is 4.89. The minimum Gasteiger partial charge on any atom is -0.396 e. The van der Waals surface area contributed by atoms with E-state index >= 15 is 0 Å². The number of aliphatic hydroxyl groups excluding tert-OH is 1. The molecule has 2 rings (SSSR count). The molecule has 2 amide bonds. The Hall–Kier alpha value is -1.55. The summed E-state index contributed by atoms with van der Waals surface area (Å²) < 4.78 is 0. The molecule has 1 aromatic carbocycles. The van der Waals surface area contributed by atoms with Crippen LogP contribution in [0.1, 0.15) is 29.2 Å². The number of urea groups is 1. The van der Waals surface area contributed by atoms with E-state index in [9.17, 15) is 4.79 Å². The molecule has 1 atom stereocenters. The Morgan fingerprint density at radius 3 is 2.94 bits per heavy atom. The van der Waals surface area contributed by atoms with Crippen LogP contribution in [0, 0.1) is 13.8 Å². The average molecular weight is 248 g/mol. The highest BCUT2D eigenvalue weighted by Gasteiger charge is 2.29. The van der Waals surface area contributed by atoms with Crippen molar-refractivity contribution in [2.75, 3.05) is 19.7 Å². The summed E-state index contributed by atoms with van der Waals surface area (Å²) in [5.74, 6) is 0. The number of aryl methyl sites for hydroxylation is 2. The zero-order valence-electron chi connectivity index (χ0n) is 10.9. The van der Waals surface area contributed by atoms with Crippen LogP contribution in [0.25, 0.3) is 0 Å². The van der Waals surface area contributed by atoms with Gasteiger partial charge < -0.3 is 15.3 Å². The summed E-state index contributed by atoms with van der Waals surface area (Å²) in [6.45, 7) is 5.55. The Balaban J connectivity index is 2.11. The molecule has 1 aliphatic rings. The molecule has 1 fully saturated rings. The van der Waals surface area contributed by atoms with Crippen molar-refractivity contribution in [2.45, 2.75) is 26.3 Å². The van der Waals surface area contributed by atoms with Gasteiger partial charge in [0.05, 0.1) is 6.04 Å². The Morgan fingerprint density at radius 2 is 2.22 bits per heavy atom. The van der Waals surface area contributed by atoms with Gasteiger partial charge in [-0.3, -0.25) is 0 Å². The maximum absolute atomic E-state index is 11.8. The highest BCUT2D eigenvalue weighted by atomic mass is 16.3. The van der Waals surface area contributed by atoms with Gasteiger partial charge in [-0.25, -0.2) is 4.79 Å². The SMILES string of the molecule is Cc1ccc(C)c(C2CN(CCCO)C(=O)N2)c1. The molecule has 0 bridgehead atoms. The number of carbonyl (C=O) groups is 1. The molecule has 4 nitrogen and oxygen atoms in total. The molecule has 1 heterocycles. The van der Waals surface area contributed by atoms with Crippen LogP contribution >= 0.6 is 0 Å². The Labute approximate surface area is 108 Å². The fraction of sp³-hybridized carbons (Fsp3) is 0.500. The normalized spacial score (nSPS) is 19.2. The molecule has 0 aromatic heterocycles. The van der Waals surface area contributed by atoms with Gasteiger partial charge >= 0.3 is 6.03 Å². The fourth-order valence-electron chi connectivity index (χ4n) is 2.36. The van der Waals surface area contributed by atoms with Crippen LogP contribution in [-0.4, -0.2) is 35.7 Å². The van der Waals surface area contributed by atoms with Crippen molar-refractivity contribution in [3.63, 3.8) is 0 Å². The summed E-state index contributed by atoms with van der Waals surface area (Å²) in [6, 6.07) is 6.34. The van der Waals surface area contributed by atoms with Crippen molar-refractivity contribution in [2.24, 2.45) is 0 Å². The summed E-state index contributed by atoms with van der Waals surface area (Å²) in [5.41, 5.74) is 3.60. The fourth-order valence-corrected chi connectivity index (χ4v) is 2.36. The van der Waals surface area contributed by atoms with Crippen molar-refractivity contribution in [1.29, 1.82) is 0 Å². The maximum atomic E-state index is 11.8. The second kappa shape index (κ2) is 5.40. The van der Waals surface area contributed by atoms with Crippen molar-refractivity contribution >= 4 is 6.03 Å². The van der Waals surface area contributed by atoms with E-state index in [-0.39, 0.29) is 18.7 Å². The predicted molar refractivity (Wildman–Crippen MR) is 70.5 cm³/mol. The van der Waals surface area contributed by atoms with Gasteiger partial charge in [-0.05, 0) is 31.4 Å². The van der Waals surface area contributed by atoms with Crippen LogP contribution < -0.4 is 5.32 Å². The van der Waals surface area contributed by atoms with E-state index in [4.69, 9.17) is 5.11 Å². The molecule has 18 heavy (non-hydrogen) atoms. The van der Waals surface area contributed by atoms with E-state index < -0.39 is 0 Å². The molecule has 0 radical (unpaired) electrons. The average Bonchev–Trinajstić information content (AvgIpc) is 2.71. The molecule has 1 unspecified atom stereocenters. The molecule has 0 saturated carbocycles. The van der Waals surface area contributed by atoms with E-state index in [0.29, 0.717) is 19.5 Å². The standard InChI is InChI=1S/C14H20N2O2/c1-10-4-5-11(2)12(8-10)13-9-16(6-3-7-17)14(18)15-13/h4-5,8,13,17H,3,6-7,9H2,1-2H3,(H,15,18). The van der Waals surface area contributed by atoms with Gasteiger partial charge in [-0.2, -0.15) is 0 Å². The number of amides is 2. The first kappa shape index (κ1) is 12.9. The van der Waals surface area contributed by atoms with Crippen molar-refractivity contribution in [3.8, 4) is 0 Å². The van der Waals surface area contributed by atoms with Crippen LogP contribution in [0.4, 0.5) is 4.79 Å². The lowest BCUT2D eigenvalue weighted by Crippen LogP contribution is -2.29. The first-order valence-electron chi connectivity index (χ1n) is 6.35. The van der Waals surface area contributed by atoms with Gasteiger partial charge in [0.15, 0.2) is 0 Å². The smallest absolute Gasteiger partial charge is 0.318 e. The highest BCUT2D eigenvalue weighted by Crippen LogP contribution is 2.24. The number of rotatable bonds is 4. The zero-order chi connectivity index (χ0) is 13.1. The minimum atomic E-state index is -0.0330. The molecular weight excluding hydrogens is 228 g/mol. The van der Waals surface area contributed by atoms with Gasteiger partial charge in [-0.15, -0.1) is 0 Å². The second-order valence-electron chi connectivity index (χ2n) is 4.89. The molecule has 0 spiro atoms. The summed E-state index contributed by atoms with van der Waals surface area (Å²) in [6.07, 6.45) is 0.632. The van der Waals surface area contributed by atoms with Gasteiger partial charge in [0.25, 0.3) is 0 Å². The lowest BCUT2D eigenvalue weighted by molar-refractivity contribution is 0.209. The number of hydrogen-bond acceptors (Lipinski definition) is 2. The number of carbonyl (C=O) groups excluding carboxylic acids is 1. The van der Waals surface area contributed by atoms with Crippen molar-refractivity contribution < 1.29 is 9.90 Å². The van der Waals surface area contributed by atoms with E-state index in [2.05, 4.69) is 37.4 Å².